The molecule has 113 heavy (non-hydrogen) atoms. The van der Waals surface area contributed by atoms with Crippen molar-refractivity contribution in [2.45, 2.75) is 144 Å². The smallest absolute Gasteiger partial charge is 0.328 e. The van der Waals surface area contributed by atoms with E-state index in [0.717, 1.165) is 96.3 Å². The molecule has 0 bridgehead atoms. The topological polar surface area (TPSA) is 395 Å². The fraction of sp³-hybridized carbons (Fsp3) is 0.475. The van der Waals surface area contributed by atoms with Crippen LogP contribution >= 0.6 is 23.5 Å². The summed E-state index contributed by atoms with van der Waals surface area (Å²) in [6, 6.07) is 16.1. The molecule has 31 nitrogen and oxygen atoms in total. The van der Waals surface area contributed by atoms with Crippen LogP contribution in [0, 0.1) is 57.7 Å². The first-order chi connectivity index (χ1) is 54.8. The molecule has 7 atom stereocenters. The molecule has 588 valence electrons. The molecule has 0 radical (unpaired) electrons. The molecule has 3 N–H and O–H groups in total. The third kappa shape index (κ3) is 18.6. The van der Waals surface area contributed by atoms with Crippen LogP contribution in [0.3, 0.4) is 0 Å². The van der Waals surface area contributed by atoms with E-state index in [4.69, 9.17) is 18.9 Å². The number of likely N-dealkylation sites (tertiary alicyclic amines) is 3. The monoisotopic (exact) mass is 1570 g/mol. The molecule has 1 unspecified atom stereocenters. The molecule has 33 heteroatoms. The summed E-state index contributed by atoms with van der Waals surface area (Å²) in [5.74, 6) is 2.65. The first-order valence-corrected chi connectivity index (χ1v) is 39.9. The molecular formula is C80H88N18O13S2. The van der Waals surface area contributed by atoms with E-state index in [9.17, 15) is 58.9 Å². The highest BCUT2D eigenvalue weighted by molar-refractivity contribution is 8.00. The number of methoxy groups -OCH3 is 1. The van der Waals surface area contributed by atoms with Gasteiger partial charge in [0.2, 0.25) is 17.7 Å². The largest absolute Gasteiger partial charge is 0.380 e. The van der Waals surface area contributed by atoms with Crippen molar-refractivity contribution in [3.63, 3.8) is 0 Å². The second kappa shape index (κ2) is 36.7. The lowest BCUT2D eigenvalue weighted by atomic mass is 9.94. The van der Waals surface area contributed by atoms with Gasteiger partial charge >= 0.3 is 18.1 Å². The fourth-order valence-corrected chi connectivity index (χ4v) is 17.6. The molecule has 15 heterocycles. The number of nitriles is 3. The Morgan fingerprint density at radius 1 is 0.496 bits per heavy atom. The minimum Gasteiger partial charge on any atom is -0.380 e. The maximum absolute atomic E-state index is 13.4. The summed E-state index contributed by atoms with van der Waals surface area (Å²) in [7, 11) is 1.64. The Morgan fingerprint density at radius 3 is 1.19 bits per heavy atom. The van der Waals surface area contributed by atoms with Gasteiger partial charge in [0.1, 0.15) is 70.2 Å². The number of ether oxygens (including phenoxy) is 4. The fourth-order valence-electron chi connectivity index (χ4n) is 15.3. The summed E-state index contributed by atoms with van der Waals surface area (Å²) >= 11 is 3.11. The van der Waals surface area contributed by atoms with E-state index in [1.165, 1.54) is 33.3 Å². The maximum Gasteiger partial charge on any atom is 0.328 e. The Kier molecular flexibility index (Phi) is 26.1. The Morgan fingerprint density at radius 2 is 0.867 bits per heavy atom. The number of amides is 9. The Bertz CT molecular complexity index is 4610. The molecule has 0 saturated carbocycles. The summed E-state index contributed by atoms with van der Waals surface area (Å²) in [6.07, 6.45) is 15.5. The summed E-state index contributed by atoms with van der Waals surface area (Å²) < 4.78 is 21.9. The van der Waals surface area contributed by atoms with E-state index in [1.807, 2.05) is 39.0 Å². The minimum atomic E-state index is -0.418. The van der Waals surface area contributed by atoms with Crippen molar-refractivity contribution < 1.29 is 62.1 Å². The minimum absolute atomic E-state index is 0.00861. The van der Waals surface area contributed by atoms with E-state index in [0.29, 0.717) is 199 Å². The van der Waals surface area contributed by atoms with E-state index in [2.05, 4.69) is 64.1 Å². The average molecular weight is 1570 g/mol. The second-order valence-corrected chi connectivity index (χ2v) is 32.2. The Balaban J connectivity index is 0.000000148. The molecule has 9 aliphatic heterocycles. The van der Waals surface area contributed by atoms with Gasteiger partial charge in [0.05, 0.1) is 49.2 Å². The number of aldehydes is 3. The van der Waals surface area contributed by atoms with Gasteiger partial charge in [-0.25, -0.2) is 44.3 Å². The van der Waals surface area contributed by atoms with Gasteiger partial charge in [-0.15, -0.1) is 23.5 Å². The summed E-state index contributed by atoms with van der Waals surface area (Å²) in [5, 5.41) is 37.6. The van der Waals surface area contributed by atoms with Crippen molar-refractivity contribution in [1.29, 1.82) is 15.8 Å². The van der Waals surface area contributed by atoms with Gasteiger partial charge in [-0.2, -0.15) is 15.8 Å². The molecule has 6 saturated heterocycles. The van der Waals surface area contributed by atoms with Gasteiger partial charge in [-0.1, -0.05) is 20.8 Å². The molecule has 0 aromatic carbocycles. The lowest BCUT2D eigenvalue weighted by Crippen LogP contribution is -2.40. The van der Waals surface area contributed by atoms with Crippen LogP contribution in [-0.2, 0) is 78.6 Å². The van der Waals surface area contributed by atoms with E-state index < -0.39 is 18.1 Å². The van der Waals surface area contributed by atoms with Crippen molar-refractivity contribution in [2.24, 2.45) is 23.7 Å². The first kappa shape index (κ1) is 80.2. The van der Waals surface area contributed by atoms with Gasteiger partial charge < -0.3 is 33.6 Å². The number of nitrogens with zero attached hydrogens (tertiary/aromatic N) is 15. The standard InChI is InChI=1S/C28H32N6O5.2C26H28N6O4S/c1-17-5-7-33(27(17)36)13-20-8-18-4-3-6-34(26(18)31-23(20)14-35)28(37)32-25-10-19(22(11-29)12-30-25)9-21-15-39-16-24(21)38-2;2*1-16-4-7-31(25(16)34)13-18-9-17-3-2-6-32(24(17)29-21(18)14-33)26(35)30-23-10-22(19(11-27)12-28-23)37-20-5-8-36-15-20/h8,10,12,14,17,21,24H,3-7,9,13,15-16H2,1-2H3,(H,30,32,37);2*9-10,12,14,16,20H,2-8,13,15H2,1H3,(H,28,30,35)/t17?,21-,24-;16-,20+;16-,20-/m000/s1. The number of nitrogens with one attached hydrogen (secondary N) is 3. The number of carbonyl (C=O) groups excluding carboxylic acids is 9. The van der Waals surface area contributed by atoms with Crippen LogP contribution in [0.25, 0.3) is 0 Å². The highest BCUT2D eigenvalue weighted by Crippen LogP contribution is 2.38. The quantitative estimate of drug-likeness (QED) is 0.0635. The number of urea groups is 3. The Labute approximate surface area is 662 Å². The van der Waals surface area contributed by atoms with Crippen molar-refractivity contribution >= 4 is 113 Å². The number of pyridine rings is 6. The highest BCUT2D eigenvalue weighted by atomic mass is 32.2. The summed E-state index contributed by atoms with van der Waals surface area (Å²) in [5.41, 5.74) is 7.49. The van der Waals surface area contributed by atoms with Gasteiger partial charge in [0, 0.05) is 158 Å². The number of anilines is 6. The van der Waals surface area contributed by atoms with Gasteiger partial charge in [0.15, 0.2) is 18.9 Å². The lowest BCUT2D eigenvalue weighted by molar-refractivity contribution is -0.131. The van der Waals surface area contributed by atoms with Crippen molar-refractivity contribution in [3.8, 4) is 18.2 Å². The molecule has 6 fully saturated rings. The molecule has 0 aliphatic carbocycles. The number of fused-ring (bicyclic) bond motifs is 3. The van der Waals surface area contributed by atoms with Crippen molar-refractivity contribution in [2.75, 3.05) is 117 Å². The van der Waals surface area contributed by atoms with E-state index in [1.54, 1.807) is 63.5 Å². The third-order valence-corrected chi connectivity index (χ3v) is 24.3. The predicted octanol–water partition coefficient (Wildman–Crippen LogP) is 9.51. The number of carbonyl (C=O) groups is 9. The van der Waals surface area contributed by atoms with E-state index >= 15 is 0 Å². The van der Waals surface area contributed by atoms with Gasteiger partial charge in [-0.3, -0.25) is 59.4 Å². The van der Waals surface area contributed by atoms with Crippen LogP contribution in [0.2, 0.25) is 0 Å². The van der Waals surface area contributed by atoms with Crippen LogP contribution < -0.4 is 30.7 Å². The van der Waals surface area contributed by atoms with Crippen LogP contribution in [-0.4, -0.2) is 202 Å². The van der Waals surface area contributed by atoms with Crippen LogP contribution in [0.5, 0.6) is 0 Å². The van der Waals surface area contributed by atoms with Crippen LogP contribution in [0.4, 0.5) is 49.3 Å². The zero-order valence-electron chi connectivity index (χ0n) is 63.4. The second-order valence-electron chi connectivity index (χ2n) is 29.5. The molecule has 9 aliphatic rings. The zero-order chi connectivity index (χ0) is 79.4. The van der Waals surface area contributed by atoms with E-state index in [-0.39, 0.29) is 75.1 Å². The normalized spacial score (nSPS) is 21.5. The predicted molar refractivity (Wildman–Crippen MR) is 416 cm³/mol. The first-order valence-electron chi connectivity index (χ1n) is 38.2. The highest BCUT2D eigenvalue weighted by Gasteiger charge is 2.37. The number of hydrogen-bond donors (Lipinski definition) is 3. The number of hydrogen-bond acceptors (Lipinski definition) is 24. The molecule has 9 amide bonds. The molecule has 0 spiro atoms. The molecule has 6 aromatic rings. The van der Waals surface area contributed by atoms with Crippen LogP contribution in [0.1, 0.15) is 159 Å². The summed E-state index contributed by atoms with van der Waals surface area (Å²) in [6.45, 7) is 13.8. The SMILES string of the molecule is CO[C@H]1COC[C@@H]1Cc1cc(NC(=O)N2CCCc3cc(CN4CCC(C)C4=O)c(C=O)nc32)ncc1C#N.C[C@H]1CCN(Cc2cc3c(nc2C=O)N(C(=O)Nc2cc(S[C@@H]4CCOC4)c(C#N)cn2)CCC3)C1=O.C[C@H]1CCN(Cc2cc3c(nc2C=O)N(C(=O)Nc2cc(S[C@H]4CCOC4)c(C#N)cn2)CCC3)C1=O. The third-order valence-electron chi connectivity index (χ3n) is 21.7. The van der Waals surface area contributed by atoms with Gasteiger partial charge in [0.25, 0.3) is 0 Å². The zero-order valence-corrected chi connectivity index (χ0v) is 65.0. The van der Waals surface area contributed by atoms with Crippen LogP contribution in [0.15, 0.2) is 64.8 Å². The summed E-state index contributed by atoms with van der Waals surface area (Å²) in [4.78, 5) is 151. The Hall–Kier alpha value is -10.9. The molecule has 15 rings (SSSR count). The van der Waals surface area contributed by atoms with Crippen molar-refractivity contribution in [3.05, 3.63) is 128 Å². The number of thioether (sulfide) groups is 2. The average Bonchev–Trinajstić information content (AvgIpc) is 1.38. The number of aryl methyl sites for hydroxylation is 3. The lowest BCUT2D eigenvalue weighted by Gasteiger charge is -2.29. The maximum atomic E-state index is 13.4. The number of rotatable bonds is 19. The molecule has 6 aromatic heterocycles. The molecular weight excluding hydrogens is 1490 g/mol. The van der Waals surface area contributed by atoms with Crippen molar-refractivity contribution in [1.82, 2.24) is 44.6 Å². The number of aromatic nitrogens is 6. The van der Waals surface area contributed by atoms with Gasteiger partial charge in [-0.05, 0) is 136 Å².